The van der Waals surface area contributed by atoms with Gasteiger partial charge < -0.3 is 24.2 Å². The summed E-state index contributed by atoms with van der Waals surface area (Å²) in [5.74, 6) is -1.38. The van der Waals surface area contributed by atoms with Crippen molar-refractivity contribution in [1.82, 2.24) is 10.1 Å². The zero-order valence-corrected chi connectivity index (χ0v) is 23.1. The first kappa shape index (κ1) is 27.4. The van der Waals surface area contributed by atoms with E-state index in [9.17, 15) is 28.2 Å². The molecule has 2 N–H and O–H groups in total. The van der Waals surface area contributed by atoms with Crippen LogP contribution < -0.4 is 4.74 Å². The summed E-state index contributed by atoms with van der Waals surface area (Å²) < 4.78 is 58.1. The van der Waals surface area contributed by atoms with E-state index in [1.165, 1.54) is 12.1 Å². The molecule has 3 aliphatic rings. The monoisotopic (exact) mass is 600 g/mol. The summed E-state index contributed by atoms with van der Waals surface area (Å²) in [7, 11) is 0. The number of carboxylic acid groups (broad SMARTS) is 1. The number of aromatic nitrogens is 2. The maximum Gasteiger partial charge on any atom is 0.387 e. The molecular formula is C30H27F3N2O6S. The summed E-state index contributed by atoms with van der Waals surface area (Å²) in [4.78, 5) is 15.8. The second-order valence-electron chi connectivity index (χ2n) is 11.4. The van der Waals surface area contributed by atoms with Gasteiger partial charge in [-0.15, -0.1) is 11.3 Å². The quantitative estimate of drug-likeness (QED) is 0.214. The molecule has 4 aromatic rings. The highest BCUT2D eigenvalue weighted by atomic mass is 32.1. The molecular weight excluding hydrogens is 573 g/mol. The Morgan fingerprint density at radius 1 is 1.14 bits per heavy atom. The molecule has 0 saturated heterocycles. The topological polar surface area (TPSA) is 115 Å². The van der Waals surface area contributed by atoms with Gasteiger partial charge in [0.1, 0.15) is 33.3 Å². The highest BCUT2D eigenvalue weighted by Gasteiger charge is 2.56. The standard InChI is InChI=1S/C30H27F3N2O6S/c31-21-9-15(27(36)37)10-23-25(21)34-28(42-23)30(38)16-7-8-17(30)12-18(11-16)39-13-20-24(35-41-26(20)14-5-6-14)19-3-1-2-4-22(19)40-29(32)33/h1-4,9-10,14,16-18,29,38H,5-8,11-13H2,(H,36,37)/t16-,17+,18?,30?. The van der Waals surface area contributed by atoms with Crippen molar-refractivity contribution in [3.8, 4) is 17.0 Å². The number of nitrogens with zero attached hydrogens (tertiary/aromatic N) is 2. The average molecular weight is 601 g/mol. The molecule has 0 spiro atoms. The van der Waals surface area contributed by atoms with E-state index in [-0.39, 0.29) is 47.3 Å². The maximum atomic E-state index is 14.7. The Hall–Kier alpha value is -3.48. The molecule has 12 heteroatoms. The second kappa shape index (κ2) is 10.4. The van der Waals surface area contributed by atoms with Gasteiger partial charge in [-0.3, -0.25) is 0 Å². The van der Waals surface area contributed by atoms with Gasteiger partial charge in [-0.05, 0) is 74.6 Å². The largest absolute Gasteiger partial charge is 0.478 e. The van der Waals surface area contributed by atoms with Crippen LogP contribution in [0.2, 0.25) is 0 Å². The van der Waals surface area contributed by atoms with Gasteiger partial charge in [-0.1, -0.05) is 17.3 Å². The molecule has 3 aliphatic carbocycles. The Balaban J connectivity index is 1.12. The molecule has 0 amide bonds. The number of para-hydroxylation sites is 1. The van der Waals surface area contributed by atoms with Gasteiger partial charge in [-0.25, -0.2) is 14.2 Å². The summed E-state index contributed by atoms with van der Waals surface area (Å²) in [5.41, 5.74) is 0.179. The molecule has 8 nitrogen and oxygen atoms in total. The second-order valence-corrected chi connectivity index (χ2v) is 12.4. The van der Waals surface area contributed by atoms with E-state index in [1.54, 1.807) is 18.2 Å². The SMILES string of the molecule is O=C(O)c1cc(F)c2nc(C3(O)[C@@H]4CC[C@H]3CC(OCc3c(-c5ccccc5OC(F)F)noc3C3CC3)C4)sc2c1. The molecule has 2 aromatic carbocycles. The first-order valence-electron chi connectivity index (χ1n) is 13.9. The summed E-state index contributed by atoms with van der Waals surface area (Å²) in [6, 6.07) is 8.80. The third-order valence-corrected chi connectivity index (χ3v) is 9.97. The Morgan fingerprint density at radius 3 is 2.57 bits per heavy atom. The highest BCUT2D eigenvalue weighted by molar-refractivity contribution is 7.18. The number of hydrogen-bond donors (Lipinski definition) is 2. The summed E-state index contributed by atoms with van der Waals surface area (Å²) in [5, 5.41) is 25.9. The van der Waals surface area contributed by atoms with Crippen LogP contribution >= 0.6 is 11.3 Å². The summed E-state index contributed by atoms with van der Waals surface area (Å²) in [6.07, 6.45) is 4.33. The van der Waals surface area contributed by atoms with Gasteiger partial charge in [0.05, 0.1) is 23.0 Å². The highest BCUT2D eigenvalue weighted by Crippen LogP contribution is 2.57. The van der Waals surface area contributed by atoms with E-state index in [4.69, 9.17) is 14.0 Å². The Labute approximate surface area is 242 Å². The van der Waals surface area contributed by atoms with E-state index in [0.717, 1.165) is 43.1 Å². The Kier molecular flexibility index (Phi) is 6.74. The van der Waals surface area contributed by atoms with Crippen LogP contribution in [0, 0.1) is 17.7 Å². The van der Waals surface area contributed by atoms with Gasteiger partial charge in [0.2, 0.25) is 0 Å². The van der Waals surface area contributed by atoms with Crippen LogP contribution in [-0.4, -0.2) is 39.0 Å². The van der Waals surface area contributed by atoms with Crippen LogP contribution in [0.1, 0.15) is 71.1 Å². The number of carboxylic acids is 1. The van der Waals surface area contributed by atoms with Gasteiger partial charge in [-0.2, -0.15) is 8.78 Å². The lowest BCUT2D eigenvalue weighted by Gasteiger charge is -2.41. The minimum absolute atomic E-state index is 0.00733. The van der Waals surface area contributed by atoms with Crippen molar-refractivity contribution >= 4 is 27.5 Å². The molecule has 3 fully saturated rings. The Morgan fingerprint density at radius 2 is 1.88 bits per heavy atom. The number of halogens is 3. The number of ether oxygens (including phenoxy) is 2. The van der Waals surface area contributed by atoms with Crippen LogP contribution in [0.5, 0.6) is 5.75 Å². The van der Waals surface area contributed by atoms with Crippen LogP contribution in [0.25, 0.3) is 21.5 Å². The van der Waals surface area contributed by atoms with E-state index in [2.05, 4.69) is 10.1 Å². The lowest BCUT2D eigenvalue weighted by molar-refractivity contribution is -0.116. The van der Waals surface area contributed by atoms with Crippen LogP contribution in [0.15, 0.2) is 40.9 Å². The zero-order chi connectivity index (χ0) is 29.2. The number of thiazole rings is 1. The minimum Gasteiger partial charge on any atom is -0.478 e. The van der Waals surface area contributed by atoms with Crippen molar-refractivity contribution < 1.29 is 42.2 Å². The fraction of sp³-hybridized carbons (Fsp3) is 0.433. The van der Waals surface area contributed by atoms with Crippen LogP contribution in [0.4, 0.5) is 13.2 Å². The van der Waals surface area contributed by atoms with E-state index >= 15 is 0 Å². The molecule has 42 heavy (non-hydrogen) atoms. The lowest BCUT2D eigenvalue weighted by atomic mass is 9.73. The molecule has 2 unspecified atom stereocenters. The van der Waals surface area contributed by atoms with Crippen molar-refractivity contribution in [2.24, 2.45) is 11.8 Å². The fourth-order valence-electron chi connectivity index (χ4n) is 6.67. The van der Waals surface area contributed by atoms with E-state index in [1.807, 2.05) is 0 Å². The van der Waals surface area contributed by atoms with Crippen LogP contribution in [-0.2, 0) is 16.9 Å². The number of aromatic carboxylic acids is 1. The molecule has 3 saturated carbocycles. The number of rotatable bonds is 9. The first-order chi connectivity index (χ1) is 20.2. The van der Waals surface area contributed by atoms with Crippen molar-refractivity contribution in [3.63, 3.8) is 0 Å². The lowest BCUT2D eigenvalue weighted by Crippen LogP contribution is -2.44. The summed E-state index contributed by atoms with van der Waals surface area (Å²) in [6.45, 7) is -2.82. The van der Waals surface area contributed by atoms with E-state index < -0.39 is 24.0 Å². The minimum atomic E-state index is -2.98. The number of aliphatic hydroxyl groups is 1. The van der Waals surface area contributed by atoms with Crippen molar-refractivity contribution in [1.29, 1.82) is 0 Å². The molecule has 7 rings (SSSR count). The van der Waals surface area contributed by atoms with Gasteiger partial charge in [0, 0.05) is 17.0 Å². The number of benzene rings is 2. The van der Waals surface area contributed by atoms with Gasteiger partial charge in [0.25, 0.3) is 0 Å². The van der Waals surface area contributed by atoms with Crippen molar-refractivity contribution in [3.05, 3.63) is 64.1 Å². The first-order valence-corrected chi connectivity index (χ1v) is 14.7. The van der Waals surface area contributed by atoms with E-state index in [0.29, 0.717) is 45.1 Å². The average Bonchev–Trinajstić information content (AvgIpc) is 3.52. The smallest absolute Gasteiger partial charge is 0.387 e. The number of fused-ring (bicyclic) bond motifs is 3. The third-order valence-electron chi connectivity index (χ3n) is 8.83. The molecule has 2 heterocycles. The van der Waals surface area contributed by atoms with Gasteiger partial charge in [0.15, 0.2) is 5.82 Å². The number of carbonyl (C=O) groups is 1. The molecule has 4 atom stereocenters. The molecule has 0 aliphatic heterocycles. The zero-order valence-electron chi connectivity index (χ0n) is 22.3. The molecule has 2 bridgehead atoms. The number of alkyl halides is 2. The van der Waals surface area contributed by atoms with Crippen LogP contribution in [0.3, 0.4) is 0 Å². The number of hydrogen-bond acceptors (Lipinski definition) is 8. The predicted molar refractivity (Wildman–Crippen MR) is 145 cm³/mol. The predicted octanol–water partition coefficient (Wildman–Crippen LogP) is 6.86. The Bertz CT molecular complexity index is 1650. The van der Waals surface area contributed by atoms with Crippen molar-refractivity contribution in [2.45, 2.75) is 69.4 Å². The maximum absolute atomic E-state index is 14.7. The third kappa shape index (κ3) is 4.65. The van der Waals surface area contributed by atoms with Crippen molar-refractivity contribution in [2.75, 3.05) is 0 Å². The molecule has 0 radical (unpaired) electrons. The van der Waals surface area contributed by atoms with Gasteiger partial charge >= 0.3 is 12.6 Å². The normalized spacial score (nSPS) is 25.4. The fourth-order valence-corrected chi connectivity index (χ4v) is 7.94. The summed E-state index contributed by atoms with van der Waals surface area (Å²) >= 11 is 1.13. The molecule has 220 valence electrons. The molecule has 2 aromatic heterocycles.